The van der Waals surface area contributed by atoms with Crippen LogP contribution in [0.25, 0.3) is 0 Å². The number of carbonyl (C=O) groups excluding carboxylic acids is 2. The Labute approximate surface area is 224 Å². The summed E-state index contributed by atoms with van der Waals surface area (Å²) in [4.78, 5) is 51.3. The van der Waals surface area contributed by atoms with Crippen molar-refractivity contribution in [2.45, 2.75) is 16.3 Å². The van der Waals surface area contributed by atoms with Crippen LogP contribution in [0.2, 0.25) is 0 Å². The van der Waals surface area contributed by atoms with Crippen LogP contribution in [0.5, 0.6) is 0 Å². The average Bonchev–Trinajstić information content (AvgIpc) is 3.33. The van der Waals surface area contributed by atoms with E-state index in [-0.39, 0.29) is 39.4 Å². The maximum Gasteiger partial charge on any atom is 0.352 e. The zero-order valence-corrected chi connectivity index (χ0v) is 22.0. The number of hydrogen-bond acceptors (Lipinski definition) is 12. The van der Waals surface area contributed by atoms with Crippen molar-refractivity contribution in [2.24, 2.45) is 5.16 Å². The van der Waals surface area contributed by atoms with Gasteiger partial charge in [0.25, 0.3) is 11.8 Å². The van der Waals surface area contributed by atoms with Crippen molar-refractivity contribution in [2.75, 3.05) is 25.1 Å². The second-order valence-corrected chi connectivity index (χ2v) is 11.4. The molecule has 5 N–H and O–H groups in total. The van der Waals surface area contributed by atoms with Crippen molar-refractivity contribution in [3.63, 3.8) is 0 Å². The molecule has 1 fully saturated rings. The fourth-order valence-corrected chi connectivity index (χ4v) is 6.43. The number of fused-ring (bicyclic) bond motifs is 1. The highest BCUT2D eigenvalue weighted by Gasteiger charge is 2.54. The number of thioether (sulfide) groups is 1. The van der Waals surface area contributed by atoms with Gasteiger partial charge in [0.2, 0.25) is 10.0 Å². The molecule has 2 aliphatic rings. The van der Waals surface area contributed by atoms with E-state index in [4.69, 9.17) is 10.6 Å². The third-order valence-corrected chi connectivity index (χ3v) is 8.69. The van der Waals surface area contributed by atoms with Gasteiger partial charge in [-0.1, -0.05) is 17.3 Å². The Hall–Kier alpha value is -3.80. The third kappa shape index (κ3) is 5.54. The summed E-state index contributed by atoms with van der Waals surface area (Å²) in [6.45, 7) is -0.114. The average molecular weight is 580 g/mol. The minimum absolute atomic E-state index is 0.00822. The molecule has 4 heterocycles. The van der Waals surface area contributed by atoms with Crippen molar-refractivity contribution in [1.29, 1.82) is 0 Å². The van der Waals surface area contributed by atoms with E-state index in [1.165, 1.54) is 60.9 Å². The number of nitrogens with zero attached hydrogens (tertiary/aromatic N) is 4. The number of nitrogens with two attached hydrogens (primary N) is 1. The summed E-state index contributed by atoms with van der Waals surface area (Å²) >= 11 is 2.35. The molecule has 200 valence electrons. The van der Waals surface area contributed by atoms with E-state index in [0.29, 0.717) is 5.57 Å². The van der Waals surface area contributed by atoms with Gasteiger partial charge >= 0.3 is 5.97 Å². The highest BCUT2D eigenvalue weighted by atomic mass is 32.2. The molecule has 2 aromatic heterocycles. The van der Waals surface area contributed by atoms with Gasteiger partial charge in [-0.2, -0.15) is 0 Å². The number of aromatic nitrogens is 2. The normalized spacial score (nSPS) is 19.8. The highest BCUT2D eigenvalue weighted by Crippen LogP contribution is 2.40. The monoisotopic (exact) mass is 579 g/mol. The van der Waals surface area contributed by atoms with E-state index in [1.807, 2.05) is 0 Å². The van der Waals surface area contributed by atoms with Gasteiger partial charge in [-0.05, 0) is 17.7 Å². The second-order valence-electron chi connectivity index (χ2n) is 7.68. The van der Waals surface area contributed by atoms with Crippen LogP contribution < -0.4 is 15.8 Å². The van der Waals surface area contributed by atoms with Crippen LogP contribution in [0.15, 0.2) is 63.4 Å². The molecule has 0 saturated carbocycles. The predicted octanol–water partition coefficient (Wildman–Crippen LogP) is -0.256. The van der Waals surface area contributed by atoms with Crippen LogP contribution in [-0.4, -0.2) is 82.7 Å². The summed E-state index contributed by atoms with van der Waals surface area (Å²) in [7, 11) is -2.55. The number of allylic oxidation sites excluding steroid dienone is 1. The lowest BCUT2D eigenvalue weighted by Gasteiger charge is -2.49. The number of nitrogens with one attached hydrogen (secondary N) is 2. The number of amides is 2. The standard InChI is InChI=1S/C21H21N7O7S3/c1-35-27-14(13-10-37-21(22)25-13)17(29)26-15-18(30)28-16(20(31)32)11(9-36-19(15)28)4-2-7-24-38(33,34)12-5-3-6-23-8-12/h2-6,8,10,15,19,24H,7,9H2,1H3,(H2,22,25)(H,26,29)(H,31,32)/b4-2+,27-14-/t15-,19-/m1/s1. The molecule has 2 atom stereocenters. The number of sulfonamides is 1. The molecule has 2 amide bonds. The van der Waals surface area contributed by atoms with E-state index in [2.05, 4.69) is 25.2 Å². The van der Waals surface area contributed by atoms with Crippen LogP contribution in [0, 0.1) is 0 Å². The number of anilines is 1. The van der Waals surface area contributed by atoms with Gasteiger partial charge in [-0.25, -0.2) is 22.9 Å². The first kappa shape index (κ1) is 27.2. The Kier molecular flexibility index (Phi) is 8.10. The molecule has 14 nitrogen and oxygen atoms in total. The van der Waals surface area contributed by atoms with Crippen LogP contribution in [0.4, 0.5) is 5.13 Å². The Balaban J connectivity index is 1.45. The lowest BCUT2D eigenvalue weighted by atomic mass is 10.0. The highest BCUT2D eigenvalue weighted by molar-refractivity contribution is 8.00. The number of rotatable bonds is 10. The minimum Gasteiger partial charge on any atom is -0.477 e. The maximum atomic E-state index is 12.9. The summed E-state index contributed by atoms with van der Waals surface area (Å²) in [6.07, 6.45) is 5.55. The minimum atomic E-state index is -3.79. The first-order chi connectivity index (χ1) is 18.1. The molecule has 0 unspecified atom stereocenters. The van der Waals surface area contributed by atoms with E-state index < -0.39 is 39.2 Å². The zero-order valence-electron chi connectivity index (χ0n) is 19.6. The summed E-state index contributed by atoms with van der Waals surface area (Å²) in [5.74, 6) is -2.48. The van der Waals surface area contributed by atoms with Crippen LogP contribution in [0.1, 0.15) is 5.69 Å². The molecule has 0 bridgehead atoms. The van der Waals surface area contributed by atoms with Crippen molar-refractivity contribution in [3.8, 4) is 0 Å². The molecule has 38 heavy (non-hydrogen) atoms. The number of oxime groups is 1. The Morgan fingerprint density at radius 1 is 1.42 bits per heavy atom. The van der Waals surface area contributed by atoms with Crippen molar-refractivity contribution >= 4 is 61.7 Å². The Morgan fingerprint density at radius 2 is 2.21 bits per heavy atom. The van der Waals surface area contributed by atoms with Gasteiger partial charge in [-0.3, -0.25) is 19.5 Å². The molecule has 1 saturated heterocycles. The summed E-state index contributed by atoms with van der Waals surface area (Å²) < 4.78 is 27.0. The molecular formula is C21H21N7O7S3. The van der Waals surface area contributed by atoms with Crippen LogP contribution in [-0.2, 0) is 29.2 Å². The number of hydrogen-bond donors (Lipinski definition) is 4. The lowest BCUT2D eigenvalue weighted by Crippen LogP contribution is -2.71. The molecule has 0 spiro atoms. The van der Waals surface area contributed by atoms with Gasteiger partial charge in [-0.15, -0.1) is 23.1 Å². The quantitative estimate of drug-likeness (QED) is 0.164. The lowest BCUT2D eigenvalue weighted by molar-refractivity contribution is -0.150. The van der Waals surface area contributed by atoms with Gasteiger partial charge in [0.05, 0.1) is 0 Å². The van der Waals surface area contributed by atoms with E-state index in [0.717, 1.165) is 16.2 Å². The molecule has 4 rings (SSSR count). The number of pyridine rings is 1. The smallest absolute Gasteiger partial charge is 0.352 e. The third-order valence-electron chi connectivity index (χ3n) is 5.30. The largest absolute Gasteiger partial charge is 0.477 e. The van der Waals surface area contributed by atoms with Gasteiger partial charge < -0.3 is 21.0 Å². The first-order valence-electron chi connectivity index (χ1n) is 10.7. The molecule has 0 aliphatic carbocycles. The molecular weight excluding hydrogens is 558 g/mol. The van der Waals surface area contributed by atoms with E-state index in [9.17, 15) is 27.9 Å². The zero-order chi connectivity index (χ0) is 27.4. The maximum absolute atomic E-state index is 12.9. The molecule has 0 radical (unpaired) electrons. The Morgan fingerprint density at radius 3 is 2.84 bits per heavy atom. The number of β-lactam (4-membered cyclic amide) rings is 1. The number of thiazole rings is 1. The predicted molar refractivity (Wildman–Crippen MR) is 138 cm³/mol. The second kappa shape index (κ2) is 11.3. The van der Waals surface area contributed by atoms with Crippen LogP contribution >= 0.6 is 23.1 Å². The van der Waals surface area contributed by atoms with E-state index >= 15 is 0 Å². The number of carbonyl (C=O) groups is 3. The van der Waals surface area contributed by atoms with E-state index in [1.54, 1.807) is 0 Å². The fraction of sp³-hybridized carbons (Fsp3) is 0.238. The topological polar surface area (TPSA) is 206 Å². The van der Waals surface area contributed by atoms with Crippen LogP contribution in [0.3, 0.4) is 0 Å². The summed E-state index contributed by atoms with van der Waals surface area (Å²) in [5, 5.41) is 17.1. The van der Waals surface area contributed by atoms with Crippen molar-refractivity contribution in [1.82, 2.24) is 24.9 Å². The molecule has 17 heteroatoms. The Bertz CT molecular complexity index is 1450. The van der Waals surface area contributed by atoms with Gasteiger partial charge in [0, 0.05) is 30.1 Å². The number of carboxylic acids is 1. The van der Waals surface area contributed by atoms with Crippen molar-refractivity contribution < 1.29 is 32.7 Å². The number of aliphatic carboxylic acids is 1. The number of carboxylic acid groups (broad SMARTS) is 1. The summed E-state index contributed by atoms with van der Waals surface area (Å²) in [6, 6.07) is 1.88. The van der Waals surface area contributed by atoms with Crippen molar-refractivity contribution in [3.05, 3.63) is 59.0 Å². The first-order valence-corrected chi connectivity index (χ1v) is 14.2. The number of nitrogen functional groups attached to an aromatic ring is 1. The SMILES string of the molecule is CO/N=C(\C(=O)N[C@@H]1C(=O)N2C(C(=O)O)=C(/C=C/CNS(=O)(=O)c3cccnc3)CS[C@H]12)c1csc(N)n1. The molecule has 2 aromatic rings. The summed E-state index contributed by atoms with van der Waals surface area (Å²) in [5.41, 5.74) is 5.69. The van der Waals surface area contributed by atoms with Gasteiger partial charge in [0.15, 0.2) is 10.8 Å². The van der Waals surface area contributed by atoms with Gasteiger partial charge in [0.1, 0.15) is 34.8 Å². The molecule has 2 aliphatic heterocycles. The molecule has 0 aromatic carbocycles. The fourth-order valence-electron chi connectivity index (χ4n) is 3.62.